The number of rotatable bonds is 5. The van der Waals surface area contributed by atoms with Gasteiger partial charge < -0.3 is 4.90 Å². The molecular weight excluding hydrogens is 246 g/mol. The standard InChI is InChI=1S/C17H31N3/c1-4-19-17(13-18)9-5-6-16(17)8-11-20-10-7-14(2)12-15(20)3/h14-16,19H,4-12H2,1-3H3. The summed E-state index contributed by atoms with van der Waals surface area (Å²) in [5.74, 6) is 1.42. The highest BCUT2D eigenvalue weighted by molar-refractivity contribution is 5.14. The maximum atomic E-state index is 9.62. The Morgan fingerprint density at radius 2 is 2.15 bits per heavy atom. The van der Waals surface area contributed by atoms with E-state index in [2.05, 4.69) is 37.1 Å². The first kappa shape index (κ1) is 15.8. The lowest BCUT2D eigenvalue weighted by atomic mass is 9.85. The molecule has 0 aromatic rings. The maximum Gasteiger partial charge on any atom is 0.109 e. The number of nitriles is 1. The van der Waals surface area contributed by atoms with Crippen LogP contribution < -0.4 is 5.32 Å². The normalized spacial score (nSPS) is 38.8. The summed E-state index contributed by atoms with van der Waals surface area (Å²) in [7, 11) is 0. The molecule has 4 unspecified atom stereocenters. The first-order valence-electron chi connectivity index (χ1n) is 8.51. The second kappa shape index (κ2) is 6.91. The van der Waals surface area contributed by atoms with Crippen LogP contribution in [0.5, 0.6) is 0 Å². The molecule has 1 saturated carbocycles. The van der Waals surface area contributed by atoms with Gasteiger partial charge in [-0.3, -0.25) is 5.32 Å². The lowest BCUT2D eigenvalue weighted by Gasteiger charge is -2.38. The number of piperidine rings is 1. The second-order valence-corrected chi connectivity index (χ2v) is 7.01. The summed E-state index contributed by atoms with van der Waals surface area (Å²) in [6.07, 6.45) is 7.32. The van der Waals surface area contributed by atoms with E-state index in [4.69, 9.17) is 0 Å². The van der Waals surface area contributed by atoms with Crippen molar-refractivity contribution < 1.29 is 0 Å². The van der Waals surface area contributed by atoms with Crippen molar-refractivity contribution in [3.05, 3.63) is 0 Å². The molecule has 20 heavy (non-hydrogen) atoms. The average molecular weight is 277 g/mol. The number of hydrogen-bond acceptors (Lipinski definition) is 3. The van der Waals surface area contributed by atoms with Gasteiger partial charge in [0.2, 0.25) is 0 Å². The molecule has 114 valence electrons. The van der Waals surface area contributed by atoms with Crippen molar-refractivity contribution in [3.63, 3.8) is 0 Å². The Hall–Kier alpha value is -0.590. The van der Waals surface area contributed by atoms with E-state index in [0.29, 0.717) is 5.92 Å². The van der Waals surface area contributed by atoms with Crippen LogP contribution in [-0.2, 0) is 0 Å². The minimum Gasteiger partial charge on any atom is -0.301 e. The molecule has 1 N–H and O–H groups in total. The van der Waals surface area contributed by atoms with E-state index in [-0.39, 0.29) is 5.54 Å². The molecule has 0 aromatic carbocycles. The van der Waals surface area contributed by atoms with Crippen LogP contribution in [0.15, 0.2) is 0 Å². The Labute approximate surface area is 124 Å². The molecule has 1 aliphatic heterocycles. The summed E-state index contributed by atoms with van der Waals surface area (Å²) in [5, 5.41) is 13.1. The van der Waals surface area contributed by atoms with Crippen molar-refractivity contribution in [2.45, 2.75) is 70.9 Å². The van der Waals surface area contributed by atoms with Gasteiger partial charge in [-0.25, -0.2) is 0 Å². The predicted octanol–water partition coefficient (Wildman–Crippen LogP) is 3.17. The van der Waals surface area contributed by atoms with Crippen LogP contribution in [-0.4, -0.2) is 36.1 Å². The molecule has 2 aliphatic rings. The summed E-state index contributed by atoms with van der Waals surface area (Å²) in [6, 6.07) is 3.32. The first-order valence-corrected chi connectivity index (χ1v) is 8.51. The van der Waals surface area contributed by atoms with Crippen molar-refractivity contribution in [1.82, 2.24) is 10.2 Å². The number of likely N-dealkylation sites (tertiary alicyclic amines) is 1. The van der Waals surface area contributed by atoms with Gasteiger partial charge in [0.1, 0.15) is 5.54 Å². The summed E-state index contributed by atoms with van der Waals surface area (Å²) in [5.41, 5.74) is -0.235. The van der Waals surface area contributed by atoms with Crippen LogP contribution >= 0.6 is 0 Å². The van der Waals surface area contributed by atoms with Crippen LogP contribution in [0.1, 0.15) is 59.3 Å². The Balaban J connectivity index is 1.88. The van der Waals surface area contributed by atoms with Gasteiger partial charge in [0, 0.05) is 6.04 Å². The minimum absolute atomic E-state index is 0.235. The van der Waals surface area contributed by atoms with Crippen LogP contribution in [0.4, 0.5) is 0 Å². The molecule has 2 fully saturated rings. The predicted molar refractivity (Wildman–Crippen MR) is 83.4 cm³/mol. The molecule has 0 amide bonds. The van der Waals surface area contributed by atoms with Crippen LogP contribution in [0, 0.1) is 23.2 Å². The number of nitrogens with one attached hydrogen (secondary N) is 1. The van der Waals surface area contributed by atoms with E-state index in [1.54, 1.807) is 0 Å². The van der Waals surface area contributed by atoms with Gasteiger partial charge in [-0.2, -0.15) is 5.26 Å². The smallest absolute Gasteiger partial charge is 0.109 e. The molecule has 0 spiro atoms. The van der Waals surface area contributed by atoms with Gasteiger partial charge in [0.15, 0.2) is 0 Å². The fourth-order valence-corrected chi connectivity index (χ4v) is 4.31. The van der Waals surface area contributed by atoms with E-state index < -0.39 is 0 Å². The van der Waals surface area contributed by atoms with Crippen LogP contribution in [0.3, 0.4) is 0 Å². The summed E-state index contributed by atoms with van der Waals surface area (Å²) >= 11 is 0. The molecule has 1 heterocycles. The quantitative estimate of drug-likeness (QED) is 0.839. The van der Waals surface area contributed by atoms with E-state index >= 15 is 0 Å². The molecule has 1 saturated heterocycles. The van der Waals surface area contributed by atoms with E-state index in [9.17, 15) is 5.26 Å². The van der Waals surface area contributed by atoms with Gasteiger partial charge >= 0.3 is 0 Å². The summed E-state index contributed by atoms with van der Waals surface area (Å²) in [6.45, 7) is 10.2. The zero-order valence-electron chi connectivity index (χ0n) is 13.5. The SMILES string of the molecule is CCNC1(C#N)CCCC1CCN1CCC(C)CC1C. The van der Waals surface area contributed by atoms with Gasteiger partial charge in [-0.05, 0) is 70.5 Å². The Kier molecular flexibility index (Phi) is 5.46. The van der Waals surface area contributed by atoms with Crippen molar-refractivity contribution >= 4 is 0 Å². The van der Waals surface area contributed by atoms with Crippen LogP contribution in [0.25, 0.3) is 0 Å². The van der Waals surface area contributed by atoms with E-state index in [1.165, 1.54) is 45.2 Å². The fourth-order valence-electron chi connectivity index (χ4n) is 4.31. The largest absolute Gasteiger partial charge is 0.301 e. The van der Waals surface area contributed by atoms with E-state index in [0.717, 1.165) is 24.9 Å². The highest BCUT2D eigenvalue weighted by Crippen LogP contribution is 2.38. The van der Waals surface area contributed by atoms with Gasteiger partial charge in [-0.15, -0.1) is 0 Å². The van der Waals surface area contributed by atoms with Gasteiger partial charge in [0.05, 0.1) is 6.07 Å². The molecule has 0 bridgehead atoms. The fraction of sp³-hybridized carbons (Fsp3) is 0.941. The average Bonchev–Trinajstić information content (AvgIpc) is 2.82. The highest BCUT2D eigenvalue weighted by atomic mass is 15.2. The third-order valence-electron chi connectivity index (χ3n) is 5.55. The van der Waals surface area contributed by atoms with Gasteiger partial charge in [0.25, 0.3) is 0 Å². The Bertz CT molecular complexity index is 349. The number of nitrogens with zero attached hydrogens (tertiary/aromatic N) is 2. The summed E-state index contributed by atoms with van der Waals surface area (Å²) in [4.78, 5) is 2.65. The molecular formula is C17H31N3. The van der Waals surface area contributed by atoms with Crippen molar-refractivity contribution in [2.75, 3.05) is 19.6 Å². The molecule has 0 radical (unpaired) electrons. The minimum atomic E-state index is -0.235. The van der Waals surface area contributed by atoms with Crippen molar-refractivity contribution in [1.29, 1.82) is 5.26 Å². The Morgan fingerprint density at radius 3 is 2.80 bits per heavy atom. The highest BCUT2D eigenvalue weighted by Gasteiger charge is 2.42. The maximum absolute atomic E-state index is 9.62. The zero-order valence-corrected chi connectivity index (χ0v) is 13.5. The van der Waals surface area contributed by atoms with Crippen LogP contribution in [0.2, 0.25) is 0 Å². The Morgan fingerprint density at radius 1 is 1.35 bits per heavy atom. The first-order chi connectivity index (χ1) is 9.61. The second-order valence-electron chi connectivity index (χ2n) is 7.01. The summed E-state index contributed by atoms with van der Waals surface area (Å²) < 4.78 is 0. The molecule has 4 atom stereocenters. The third-order valence-corrected chi connectivity index (χ3v) is 5.55. The lowest BCUT2D eigenvalue weighted by molar-refractivity contribution is 0.116. The molecule has 3 nitrogen and oxygen atoms in total. The molecule has 0 aromatic heterocycles. The van der Waals surface area contributed by atoms with E-state index in [1.807, 2.05) is 0 Å². The zero-order chi connectivity index (χ0) is 14.6. The van der Waals surface area contributed by atoms with Crippen molar-refractivity contribution in [2.24, 2.45) is 11.8 Å². The van der Waals surface area contributed by atoms with Gasteiger partial charge in [-0.1, -0.05) is 20.3 Å². The molecule has 2 rings (SSSR count). The topological polar surface area (TPSA) is 39.1 Å². The van der Waals surface area contributed by atoms with Crippen molar-refractivity contribution in [3.8, 4) is 6.07 Å². The monoisotopic (exact) mass is 277 g/mol. The lowest BCUT2D eigenvalue weighted by Crippen LogP contribution is -2.48. The number of hydrogen-bond donors (Lipinski definition) is 1. The molecule has 3 heteroatoms. The molecule has 1 aliphatic carbocycles. The third kappa shape index (κ3) is 3.35.